The van der Waals surface area contributed by atoms with Crippen LogP contribution in [0.25, 0.3) is 5.57 Å². The highest BCUT2D eigenvalue weighted by molar-refractivity contribution is 5.70. The van der Waals surface area contributed by atoms with Crippen molar-refractivity contribution in [3.63, 3.8) is 0 Å². The highest BCUT2D eigenvalue weighted by atomic mass is 14.2. The number of fused-ring (bicyclic) bond motifs is 1. The van der Waals surface area contributed by atoms with E-state index in [1.165, 1.54) is 23.1 Å². The third kappa shape index (κ3) is 1.19. The summed E-state index contributed by atoms with van der Waals surface area (Å²) in [6.07, 6.45) is 2.34. The van der Waals surface area contributed by atoms with Gasteiger partial charge in [-0.1, -0.05) is 30.8 Å². The van der Waals surface area contributed by atoms with Crippen LogP contribution in [0.4, 0.5) is 0 Å². The van der Waals surface area contributed by atoms with Gasteiger partial charge in [-0.15, -0.1) is 0 Å². The molecule has 0 radical (unpaired) electrons. The molecule has 58 valence electrons. The van der Waals surface area contributed by atoms with Crippen molar-refractivity contribution < 1.29 is 0 Å². The first-order chi connectivity index (χ1) is 4.88. The predicted octanol–water partition coefficient (Wildman–Crippen LogP) is 2.81. The molecular weight excluding hydrogens is 134 g/mol. The maximum atomic E-state index is 4.00. The molecule has 1 aromatic carbocycles. The summed E-state index contributed by atoms with van der Waals surface area (Å²) < 4.78 is 0. The van der Waals surface area contributed by atoms with Crippen molar-refractivity contribution in [3.05, 3.63) is 42.0 Å². The third-order valence-corrected chi connectivity index (χ3v) is 2.09. The minimum Gasteiger partial charge on any atom is -0.344 e. The van der Waals surface area contributed by atoms with Crippen LogP contribution in [0.1, 0.15) is 17.5 Å². The van der Waals surface area contributed by atoms with E-state index >= 15 is 0 Å². The van der Waals surface area contributed by atoms with E-state index in [0.717, 1.165) is 6.42 Å². The molecule has 2 rings (SSSR count). The van der Waals surface area contributed by atoms with Gasteiger partial charge in [0.1, 0.15) is 0 Å². The lowest BCUT2D eigenvalue weighted by atomic mass is 10.1. The molecule has 0 spiro atoms. The molecular formula is C10H13N. The molecule has 0 unspecified atom stereocenters. The number of hydrogen-bond acceptors (Lipinski definition) is 1. The van der Waals surface area contributed by atoms with Gasteiger partial charge >= 0.3 is 0 Å². The standard InChI is InChI=1S/C10H10.H3N/c1-8-6-7-9-4-2-3-5-10(8)9;/h2-5H,1,6-7H2;1H3. The lowest BCUT2D eigenvalue weighted by Crippen LogP contribution is -1.76. The van der Waals surface area contributed by atoms with Crippen LogP contribution in [-0.4, -0.2) is 0 Å². The number of benzene rings is 1. The first-order valence-corrected chi connectivity index (χ1v) is 3.64. The summed E-state index contributed by atoms with van der Waals surface area (Å²) in [4.78, 5) is 0. The van der Waals surface area contributed by atoms with E-state index in [2.05, 4.69) is 30.8 Å². The maximum Gasteiger partial charge on any atom is -0.0198 e. The van der Waals surface area contributed by atoms with Crippen molar-refractivity contribution in [2.45, 2.75) is 12.8 Å². The Labute approximate surface area is 67.3 Å². The van der Waals surface area contributed by atoms with E-state index < -0.39 is 0 Å². The lowest BCUT2D eigenvalue weighted by Gasteiger charge is -1.95. The van der Waals surface area contributed by atoms with E-state index in [9.17, 15) is 0 Å². The largest absolute Gasteiger partial charge is 0.344 e. The van der Waals surface area contributed by atoms with Gasteiger partial charge in [-0.3, -0.25) is 0 Å². The van der Waals surface area contributed by atoms with Crippen LogP contribution in [0, 0.1) is 0 Å². The third-order valence-electron chi connectivity index (χ3n) is 2.09. The zero-order chi connectivity index (χ0) is 6.97. The summed E-state index contributed by atoms with van der Waals surface area (Å²) in [5.74, 6) is 0. The van der Waals surface area contributed by atoms with Gasteiger partial charge in [-0.05, 0) is 29.5 Å². The Hall–Kier alpha value is -1.08. The van der Waals surface area contributed by atoms with Crippen LogP contribution in [0.15, 0.2) is 30.8 Å². The number of hydrogen-bond donors (Lipinski definition) is 1. The maximum absolute atomic E-state index is 4.00. The molecule has 0 fully saturated rings. The molecule has 0 amide bonds. The SMILES string of the molecule is C=C1CCc2ccccc21.N. The predicted molar refractivity (Wildman–Crippen MR) is 48.8 cm³/mol. The van der Waals surface area contributed by atoms with Crippen LogP contribution in [0.2, 0.25) is 0 Å². The van der Waals surface area contributed by atoms with Gasteiger partial charge in [0.05, 0.1) is 0 Å². The molecule has 0 aromatic heterocycles. The van der Waals surface area contributed by atoms with Crippen LogP contribution in [-0.2, 0) is 6.42 Å². The number of allylic oxidation sites excluding steroid dienone is 1. The Balaban J connectivity index is 0.000000605. The fourth-order valence-corrected chi connectivity index (χ4v) is 1.50. The molecule has 1 heteroatoms. The zero-order valence-electron chi connectivity index (χ0n) is 6.64. The molecule has 0 saturated carbocycles. The summed E-state index contributed by atoms with van der Waals surface area (Å²) in [5, 5.41) is 0. The Morgan fingerprint density at radius 3 is 2.55 bits per heavy atom. The average molecular weight is 147 g/mol. The molecule has 0 bridgehead atoms. The molecule has 0 saturated heterocycles. The smallest absolute Gasteiger partial charge is 0.0198 e. The molecule has 1 aliphatic carbocycles. The Morgan fingerprint density at radius 2 is 1.82 bits per heavy atom. The van der Waals surface area contributed by atoms with Gasteiger partial charge in [0.2, 0.25) is 0 Å². The van der Waals surface area contributed by atoms with E-state index in [1.807, 2.05) is 0 Å². The monoisotopic (exact) mass is 147 g/mol. The van der Waals surface area contributed by atoms with Crippen LogP contribution in [0.3, 0.4) is 0 Å². The Kier molecular flexibility index (Phi) is 2.11. The van der Waals surface area contributed by atoms with Crippen molar-refractivity contribution in [2.24, 2.45) is 0 Å². The summed E-state index contributed by atoms with van der Waals surface area (Å²) in [5.41, 5.74) is 4.14. The van der Waals surface area contributed by atoms with Crippen molar-refractivity contribution in [3.8, 4) is 0 Å². The zero-order valence-corrected chi connectivity index (χ0v) is 6.64. The second kappa shape index (κ2) is 2.89. The minimum atomic E-state index is 0. The molecule has 11 heavy (non-hydrogen) atoms. The molecule has 0 aliphatic heterocycles. The van der Waals surface area contributed by atoms with E-state index in [0.29, 0.717) is 0 Å². The molecule has 1 aromatic rings. The van der Waals surface area contributed by atoms with Crippen molar-refractivity contribution >= 4 is 5.57 Å². The number of rotatable bonds is 0. The second-order valence-corrected chi connectivity index (χ2v) is 2.76. The molecule has 1 aliphatic rings. The van der Waals surface area contributed by atoms with Gasteiger partial charge in [-0.2, -0.15) is 0 Å². The highest BCUT2D eigenvalue weighted by Crippen LogP contribution is 2.29. The molecule has 1 nitrogen and oxygen atoms in total. The summed E-state index contributed by atoms with van der Waals surface area (Å²) in [6.45, 7) is 4.00. The molecule has 3 N–H and O–H groups in total. The van der Waals surface area contributed by atoms with Crippen molar-refractivity contribution in [1.29, 1.82) is 0 Å². The normalized spacial score (nSPS) is 14.0. The summed E-state index contributed by atoms with van der Waals surface area (Å²) in [6, 6.07) is 8.52. The average Bonchev–Trinajstić information content (AvgIpc) is 2.34. The van der Waals surface area contributed by atoms with Crippen molar-refractivity contribution in [1.82, 2.24) is 6.15 Å². The van der Waals surface area contributed by atoms with Crippen LogP contribution in [0.5, 0.6) is 0 Å². The van der Waals surface area contributed by atoms with E-state index in [-0.39, 0.29) is 6.15 Å². The minimum absolute atomic E-state index is 0. The quantitative estimate of drug-likeness (QED) is 0.601. The van der Waals surface area contributed by atoms with Crippen molar-refractivity contribution in [2.75, 3.05) is 0 Å². The van der Waals surface area contributed by atoms with Gasteiger partial charge in [0.25, 0.3) is 0 Å². The topological polar surface area (TPSA) is 35.0 Å². The summed E-state index contributed by atoms with van der Waals surface area (Å²) in [7, 11) is 0. The molecule has 0 heterocycles. The van der Waals surface area contributed by atoms with Crippen LogP contribution >= 0.6 is 0 Å². The van der Waals surface area contributed by atoms with Crippen LogP contribution < -0.4 is 6.15 Å². The highest BCUT2D eigenvalue weighted by Gasteiger charge is 2.11. The second-order valence-electron chi connectivity index (χ2n) is 2.76. The van der Waals surface area contributed by atoms with Gasteiger partial charge in [0.15, 0.2) is 0 Å². The van der Waals surface area contributed by atoms with E-state index in [4.69, 9.17) is 0 Å². The Bertz CT molecular complexity index is 276. The number of aryl methyl sites for hydroxylation is 1. The van der Waals surface area contributed by atoms with E-state index in [1.54, 1.807) is 0 Å². The lowest BCUT2D eigenvalue weighted by molar-refractivity contribution is 1.08. The first-order valence-electron chi connectivity index (χ1n) is 3.64. The van der Waals surface area contributed by atoms with Gasteiger partial charge < -0.3 is 6.15 Å². The fourth-order valence-electron chi connectivity index (χ4n) is 1.50. The fraction of sp³-hybridized carbons (Fsp3) is 0.200. The first kappa shape index (κ1) is 8.02. The Morgan fingerprint density at radius 1 is 1.09 bits per heavy atom. The summed E-state index contributed by atoms with van der Waals surface area (Å²) >= 11 is 0. The molecule has 0 atom stereocenters. The van der Waals surface area contributed by atoms with Gasteiger partial charge in [-0.25, -0.2) is 0 Å². The van der Waals surface area contributed by atoms with Gasteiger partial charge in [0, 0.05) is 0 Å².